The maximum Gasteiger partial charge on any atom is 0.166 e. The molecule has 0 saturated heterocycles. The van der Waals surface area contributed by atoms with Crippen LogP contribution in [0.4, 0.5) is 10.1 Å². The topological polar surface area (TPSA) is 69.1 Å². The van der Waals surface area contributed by atoms with E-state index in [0.717, 1.165) is 0 Å². The number of benzene rings is 1. The van der Waals surface area contributed by atoms with Crippen LogP contribution in [0.15, 0.2) is 6.07 Å². The molecule has 1 atom stereocenters. The molecule has 0 saturated carbocycles. The van der Waals surface area contributed by atoms with Gasteiger partial charge in [0, 0.05) is 23.7 Å². The Bertz CT molecular complexity index is 443. The van der Waals surface area contributed by atoms with Gasteiger partial charge in [0.1, 0.15) is 5.82 Å². The second kappa shape index (κ2) is 3.31. The zero-order chi connectivity index (χ0) is 11.2. The van der Waals surface area contributed by atoms with Crippen LogP contribution in [0, 0.1) is 12.7 Å². The lowest BCUT2D eigenvalue weighted by molar-refractivity contribution is 0.0966. The SMILES string of the molecule is Cc1c(F)cc(N)c2c1CC(N)CC2=O. The van der Waals surface area contributed by atoms with Crippen molar-refractivity contribution in [2.45, 2.75) is 25.8 Å². The van der Waals surface area contributed by atoms with E-state index in [4.69, 9.17) is 11.5 Å². The molecule has 0 fully saturated rings. The van der Waals surface area contributed by atoms with Gasteiger partial charge >= 0.3 is 0 Å². The third-order valence-electron chi connectivity index (χ3n) is 2.88. The van der Waals surface area contributed by atoms with Gasteiger partial charge in [0.05, 0.1) is 0 Å². The van der Waals surface area contributed by atoms with E-state index in [2.05, 4.69) is 0 Å². The molecule has 0 radical (unpaired) electrons. The van der Waals surface area contributed by atoms with Crippen molar-refractivity contribution in [2.75, 3.05) is 5.73 Å². The lowest BCUT2D eigenvalue weighted by Crippen LogP contribution is -2.33. The summed E-state index contributed by atoms with van der Waals surface area (Å²) in [6.07, 6.45) is 0.817. The molecule has 4 heteroatoms. The number of halogens is 1. The second-order valence-electron chi connectivity index (χ2n) is 4.02. The molecular weight excluding hydrogens is 195 g/mol. The molecule has 1 aromatic rings. The first-order valence-corrected chi connectivity index (χ1v) is 4.87. The Hall–Kier alpha value is -1.42. The van der Waals surface area contributed by atoms with Crippen LogP contribution in [0.3, 0.4) is 0 Å². The van der Waals surface area contributed by atoms with Crippen LogP contribution in [0.5, 0.6) is 0 Å². The van der Waals surface area contributed by atoms with Crippen LogP contribution in [0.25, 0.3) is 0 Å². The van der Waals surface area contributed by atoms with Crippen LogP contribution in [-0.4, -0.2) is 11.8 Å². The predicted octanol–water partition coefficient (Wildman–Crippen LogP) is 1.17. The minimum Gasteiger partial charge on any atom is -0.398 e. The molecule has 0 amide bonds. The van der Waals surface area contributed by atoms with Gasteiger partial charge in [-0.05, 0) is 30.5 Å². The summed E-state index contributed by atoms with van der Waals surface area (Å²) in [5, 5.41) is 0. The van der Waals surface area contributed by atoms with Crippen LogP contribution < -0.4 is 11.5 Å². The highest BCUT2D eigenvalue weighted by atomic mass is 19.1. The highest BCUT2D eigenvalue weighted by molar-refractivity contribution is 6.03. The molecule has 0 bridgehead atoms. The van der Waals surface area contributed by atoms with E-state index in [1.54, 1.807) is 6.92 Å². The van der Waals surface area contributed by atoms with E-state index in [0.29, 0.717) is 29.5 Å². The lowest BCUT2D eigenvalue weighted by Gasteiger charge is -2.23. The first-order valence-electron chi connectivity index (χ1n) is 4.87. The Balaban J connectivity index is 2.69. The van der Waals surface area contributed by atoms with Crippen molar-refractivity contribution in [2.24, 2.45) is 5.73 Å². The molecule has 80 valence electrons. The quantitative estimate of drug-likeness (QED) is 0.629. The van der Waals surface area contributed by atoms with Gasteiger partial charge in [-0.3, -0.25) is 4.79 Å². The molecule has 0 heterocycles. The minimum atomic E-state index is -0.367. The van der Waals surface area contributed by atoms with E-state index < -0.39 is 0 Å². The number of rotatable bonds is 0. The second-order valence-corrected chi connectivity index (χ2v) is 4.02. The largest absolute Gasteiger partial charge is 0.398 e. The normalized spacial score (nSPS) is 20.2. The summed E-state index contributed by atoms with van der Waals surface area (Å²) in [6.45, 7) is 1.65. The maximum absolute atomic E-state index is 13.4. The highest BCUT2D eigenvalue weighted by Gasteiger charge is 2.27. The lowest BCUT2D eigenvalue weighted by atomic mass is 9.84. The third-order valence-corrected chi connectivity index (χ3v) is 2.88. The van der Waals surface area contributed by atoms with Crippen molar-refractivity contribution in [3.05, 3.63) is 28.6 Å². The summed E-state index contributed by atoms with van der Waals surface area (Å²) in [6, 6.07) is 0.994. The van der Waals surface area contributed by atoms with Gasteiger partial charge in [-0.2, -0.15) is 0 Å². The molecule has 0 aliphatic heterocycles. The number of anilines is 1. The molecule has 1 unspecified atom stereocenters. The zero-order valence-electron chi connectivity index (χ0n) is 8.51. The van der Waals surface area contributed by atoms with Gasteiger partial charge in [-0.15, -0.1) is 0 Å². The first-order chi connectivity index (χ1) is 7.00. The average Bonchev–Trinajstić information content (AvgIpc) is 2.12. The Kier molecular flexibility index (Phi) is 2.23. The molecule has 1 aliphatic carbocycles. The van der Waals surface area contributed by atoms with Crippen molar-refractivity contribution in [3.8, 4) is 0 Å². The maximum atomic E-state index is 13.4. The van der Waals surface area contributed by atoms with E-state index in [1.165, 1.54) is 6.07 Å². The number of nitrogen functional groups attached to an aromatic ring is 1. The molecule has 1 aromatic carbocycles. The summed E-state index contributed by atoms with van der Waals surface area (Å²) >= 11 is 0. The molecule has 0 spiro atoms. The number of hydrogen-bond donors (Lipinski definition) is 2. The number of fused-ring (bicyclic) bond motifs is 1. The van der Waals surface area contributed by atoms with Gasteiger partial charge < -0.3 is 11.5 Å². The van der Waals surface area contributed by atoms with Crippen LogP contribution in [0.2, 0.25) is 0 Å². The zero-order valence-corrected chi connectivity index (χ0v) is 8.51. The van der Waals surface area contributed by atoms with Crippen LogP contribution >= 0.6 is 0 Å². The fourth-order valence-corrected chi connectivity index (χ4v) is 2.08. The molecule has 0 aromatic heterocycles. The van der Waals surface area contributed by atoms with Crippen molar-refractivity contribution in [1.82, 2.24) is 0 Å². The fraction of sp³-hybridized carbons (Fsp3) is 0.364. The summed E-state index contributed by atoms with van der Waals surface area (Å²) in [4.78, 5) is 11.7. The molecule has 3 nitrogen and oxygen atoms in total. The number of carbonyl (C=O) groups is 1. The molecule has 15 heavy (non-hydrogen) atoms. The molecule has 1 aliphatic rings. The highest BCUT2D eigenvalue weighted by Crippen LogP contribution is 2.30. The number of hydrogen-bond acceptors (Lipinski definition) is 3. The van der Waals surface area contributed by atoms with Gasteiger partial charge in [0.2, 0.25) is 0 Å². The van der Waals surface area contributed by atoms with Crippen molar-refractivity contribution in [3.63, 3.8) is 0 Å². The molecular formula is C11H13FN2O. The fourth-order valence-electron chi connectivity index (χ4n) is 2.08. The number of Topliss-reactive ketones (excluding diaryl/α,β-unsaturated/α-hetero) is 1. The third kappa shape index (κ3) is 1.51. The monoisotopic (exact) mass is 208 g/mol. The van der Waals surface area contributed by atoms with Crippen LogP contribution in [-0.2, 0) is 6.42 Å². The summed E-state index contributed by atoms with van der Waals surface area (Å²) in [7, 11) is 0. The Morgan fingerprint density at radius 1 is 1.47 bits per heavy atom. The van der Waals surface area contributed by atoms with Gasteiger partial charge in [0.25, 0.3) is 0 Å². The van der Waals surface area contributed by atoms with E-state index >= 15 is 0 Å². The van der Waals surface area contributed by atoms with Crippen LogP contribution in [0.1, 0.15) is 27.9 Å². The van der Waals surface area contributed by atoms with Gasteiger partial charge in [0.15, 0.2) is 5.78 Å². The Morgan fingerprint density at radius 3 is 2.80 bits per heavy atom. The van der Waals surface area contributed by atoms with Crippen molar-refractivity contribution >= 4 is 11.5 Å². The molecule has 2 rings (SSSR count). The summed E-state index contributed by atoms with van der Waals surface area (Å²) < 4.78 is 13.4. The number of nitrogens with two attached hydrogens (primary N) is 2. The number of carbonyl (C=O) groups excluding carboxylic acids is 1. The van der Waals surface area contributed by atoms with Gasteiger partial charge in [-0.25, -0.2) is 4.39 Å². The summed E-state index contributed by atoms with van der Waals surface area (Å²) in [5.74, 6) is -0.447. The minimum absolute atomic E-state index is 0.0793. The van der Waals surface area contributed by atoms with E-state index in [9.17, 15) is 9.18 Å². The van der Waals surface area contributed by atoms with E-state index in [-0.39, 0.29) is 23.3 Å². The van der Waals surface area contributed by atoms with Gasteiger partial charge in [-0.1, -0.05) is 0 Å². The summed E-state index contributed by atoms with van der Waals surface area (Å²) in [5.41, 5.74) is 13.2. The Morgan fingerprint density at radius 2 is 2.13 bits per heavy atom. The smallest absolute Gasteiger partial charge is 0.166 e. The average molecular weight is 208 g/mol. The molecule has 4 N–H and O–H groups in total. The Labute approximate surface area is 87.3 Å². The predicted molar refractivity (Wildman–Crippen MR) is 56.2 cm³/mol. The number of ketones is 1. The van der Waals surface area contributed by atoms with E-state index in [1.807, 2.05) is 0 Å². The van der Waals surface area contributed by atoms with Crippen molar-refractivity contribution in [1.29, 1.82) is 0 Å². The van der Waals surface area contributed by atoms with Crippen molar-refractivity contribution < 1.29 is 9.18 Å². The standard InChI is InChI=1S/C11H13FN2O/c1-5-7-2-6(13)3-10(15)11(7)9(14)4-8(5)12/h4,6H,2-3,13-14H2,1H3. The first kappa shape index (κ1) is 10.1.